The maximum Gasteiger partial charge on any atom is 0.238 e. The second-order valence-corrected chi connectivity index (χ2v) is 6.72. The maximum atomic E-state index is 12.5. The highest BCUT2D eigenvalue weighted by molar-refractivity contribution is 7.10. The Morgan fingerprint density at radius 1 is 1.48 bits per heavy atom. The molecule has 2 atom stereocenters. The molecule has 2 aromatic rings. The van der Waals surface area contributed by atoms with Crippen LogP contribution in [0, 0.1) is 0 Å². The fourth-order valence-electron chi connectivity index (χ4n) is 3.26. The lowest BCUT2D eigenvalue weighted by molar-refractivity contribution is -0.124. The average molecular weight is 302 g/mol. The molecule has 21 heavy (non-hydrogen) atoms. The van der Waals surface area contributed by atoms with Gasteiger partial charge in [-0.3, -0.25) is 10.1 Å². The molecule has 0 bridgehead atoms. The highest BCUT2D eigenvalue weighted by atomic mass is 32.1. The Morgan fingerprint density at radius 2 is 2.43 bits per heavy atom. The van der Waals surface area contributed by atoms with Gasteiger partial charge in [-0.15, -0.1) is 11.3 Å². The Bertz CT molecular complexity index is 662. The lowest BCUT2D eigenvalue weighted by Crippen LogP contribution is -2.48. The Morgan fingerprint density at radius 3 is 3.38 bits per heavy atom. The van der Waals surface area contributed by atoms with Gasteiger partial charge < -0.3 is 10.3 Å². The first-order valence-corrected chi connectivity index (χ1v) is 8.30. The van der Waals surface area contributed by atoms with Crippen molar-refractivity contribution in [3.63, 3.8) is 0 Å². The molecule has 2 aromatic heterocycles. The van der Waals surface area contributed by atoms with E-state index in [1.165, 1.54) is 10.4 Å². The molecule has 5 nitrogen and oxygen atoms in total. The van der Waals surface area contributed by atoms with E-state index in [1.54, 1.807) is 17.7 Å². The molecule has 0 saturated carbocycles. The molecule has 1 aliphatic heterocycles. The van der Waals surface area contributed by atoms with Crippen LogP contribution in [0.1, 0.15) is 40.7 Å². The van der Waals surface area contributed by atoms with Crippen LogP contribution in [0.4, 0.5) is 0 Å². The van der Waals surface area contributed by atoms with Crippen molar-refractivity contribution in [2.24, 2.45) is 0 Å². The van der Waals surface area contributed by atoms with Gasteiger partial charge in [-0.25, -0.2) is 4.98 Å². The smallest absolute Gasteiger partial charge is 0.238 e. The summed E-state index contributed by atoms with van der Waals surface area (Å²) in [5.41, 5.74) is 3.42. The number of hydrogen-bond donors (Lipinski definition) is 3. The summed E-state index contributed by atoms with van der Waals surface area (Å²) in [6.45, 7) is 0.682. The molecule has 3 N–H and O–H groups in total. The zero-order valence-electron chi connectivity index (χ0n) is 11.7. The van der Waals surface area contributed by atoms with Gasteiger partial charge in [0.2, 0.25) is 5.91 Å². The van der Waals surface area contributed by atoms with E-state index in [0.717, 1.165) is 30.7 Å². The highest BCUT2D eigenvalue weighted by Crippen LogP contribution is 2.33. The molecule has 2 aliphatic rings. The summed E-state index contributed by atoms with van der Waals surface area (Å²) in [6.07, 6.45) is 5.70. The van der Waals surface area contributed by atoms with Crippen LogP contribution in [0.2, 0.25) is 0 Å². The summed E-state index contributed by atoms with van der Waals surface area (Å²) in [6, 6.07) is 2.16. The molecule has 6 heteroatoms. The van der Waals surface area contributed by atoms with Crippen LogP contribution < -0.4 is 10.6 Å². The molecule has 4 rings (SSSR count). The molecule has 0 spiro atoms. The SMILES string of the molecule is O=C(NC1CCCc2sccc21)C1Cc2nc[nH]c2CN1. The van der Waals surface area contributed by atoms with Crippen molar-refractivity contribution in [3.8, 4) is 0 Å². The third kappa shape index (κ3) is 2.38. The Kier molecular flexibility index (Phi) is 3.27. The number of imidazole rings is 1. The normalized spacial score (nSPS) is 24.2. The number of rotatable bonds is 2. The monoisotopic (exact) mass is 302 g/mol. The first kappa shape index (κ1) is 13.0. The summed E-state index contributed by atoms with van der Waals surface area (Å²) < 4.78 is 0. The zero-order valence-corrected chi connectivity index (χ0v) is 12.5. The molecule has 3 heterocycles. The first-order chi connectivity index (χ1) is 10.3. The number of aromatic amines is 1. The highest BCUT2D eigenvalue weighted by Gasteiger charge is 2.29. The predicted molar refractivity (Wildman–Crippen MR) is 81.1 cm³/mol. The largest absolute Gasteiger partial charge is 0.348 e. The van der Waals surface area contributed by atoms with E-state index in [2.05, 4.69) is 32.0 Å². The number of hydrogen-bond acceptors (Lipinski definition) is 4. The van der Waals surface area contributed by atoms with Gasteiger partial charge in [0.05, 0.1) is 29.8 Å². The number of aryl methyl sites for hydroxylation is 1. The molecular weight excluding hydrogens is 284 g/mol. The number of thiophene rings is 1. The van der Waals surface area contributed by atoms with Crippen molar-refractivity contribution in [2.75, 3.05) is 0 Å². The number of carbonyl (C=O) groups excluding carboxylic acids is 1. The minimum atomic E-state index is -0.176. The Labute approximate surface area is 127 Å². The fourth-order valence-corrected chi connectivity index (χ4v) is 4.25. The summed E-state index contributed by atoms with van der Waals surface area (Å²) in [4.78, 5) is 21.3. The number of aromatic nitrogens is 2. The maximum absolute atomic E-state index is 12.5. The van der Waals surface area contributed by atoms with Gasteiger partial charge in [0.1, 0.15) is 0 Å². The minimum absolute atomic E-state index is 0.0905. The molecule has 0 saturated heterocycles. The van der Waals surface area contributed by atoms with Gasteiger partial charge in [-0.2, -0.15) is 0 Å². The number of nitrogens with one attached hydrogen (secondary N) is 3. The third-order valence-corrected chi connectivity index (χ3v) is 5.41. The summed E-state index contributed by atoms with van der Waals surface area (Å²) >= 11 is 1.80. The number of carbonyl (C=O) groups is 1. The summed E-state index contributed by atoms with van der Waals surface area (Å²) in [5, 5.41) is 8.64. The quantitative estimate of drug-likeness (QED) is 0.790. The van der Waals surface area contributed by atoms with Crippen molar-refractivity contribution < 1.29 is 4.79 Å². The van der Waals surface area contributed by atoms with E-state index >= 15 is 0 Å². The van der Waals surface area contributed by atoms with Crippen LogP contribution >= 0.6 is 11.3 Å². The number of H-pyrrole nitrogens is 1. The molecule has 1 amide bonds. The lowest BCUT2D eigenvalue weighted by atomic mass is 9.93. The number of nitrogens with zero attached hydrogens (tertiary/aromatic N) is 1. The molecule has 0 radical (unpaired) electrons. The molecule has 0 fully saturated rings. The lowest BCUT2D eigenvalue weighted by Gasteiger charge is -2.28. The van der Waals surface area contributed by atoms with Crippen LogP contribution in [0.15, 0.2) is 17.8 Å². The molecule has 2 unspecified atom stereocenters. The van der Waals surface area contributed by atoms with Crippen molar-refractivity contribution in [1.29, 1.82) is 0 Å². The van der Waals surface area contributed by atoms with E-state index in [1.807, 2.05) is 0 Å². The first-order valence-electron chi connectivity index (χ1n) is 7.42. The fraction of sp³-hybridized carbons (Fsp3) is 0.467. The van der Waals surface area contributed by atoms with Gasteiger partial charge in [-0.05, 0) is 36.3 Å². The van der Waals surface area contributed by atoms with Gasteiger partial charge in [0, 0.05) is 17.8 Å². The van der Waals surface area contributed by atoms with Crippen molar-refractivity contribution in [1.82, 2.24) is 20.6 Å². The molecule has 110 valence electrons. The van der Waals surface area contributed by atoms with Crippen molar-refractivity contribution in [2.45, 2.75) is 44.3 Å². The second-order valence-electron chi connectivity index (χ2n) is 5.72. The Hall–Kier alpha value is -1.66. The molecule has 0 aromatic carbocycles. The average Bonchev–Trinajstić information content (AvgIpc) is 3.15. The van der Waals surface area contributed by atoms with E-state index in [4.69, 9.17) is 0 Å². The third-order valence-electron chi connectivity index (χ3n) is 4.42. The summed E-state index contributed by atoms with van der Waals surface area (Å²) in [5.74, 6) is 0.0905. The van der Waals surface area contributed by atoms with Gasteiger partial charge >= 0.3 is 0 Å². The number of fused-ring (bicyclic) bond motifs is 2. The predicted octanol–water partition coefficient (Wildman–Crippen LogP) is 1.68. The second kappa shape index (κ2) is 5.27. The topological polar surface area (TPSA) is 69.8 Å². The van der Waals surface area contributed by atoms with Crippen LogP contribution in [0.3, 0.4) is 0 Å². The molecule has 1 aliphatic carbocycles. The van der Waals surface area contributed by atoms with Crippen LogP contribution in [-0.4, -0.2) is 21.9 Å². The van der Waals surface area contributed by atoms with Crippen LogP contribution in [0.25, 0.3) is 0 Å². The van der Waals surface area contributed by atoms with E-state index in [0.29, 0.717) is 13.0 Å². The van der Waals surface area contributed by atoms with E-state index < -0.39 is 0 Å². The van der Waals surface area contributed by atoms with Gasteiger partial charge in [0.25, 0.3) is 0 Å². The van der Waals surface area contributed by atoms with E-state index in [9.17, 15) is 4.79 Å². The zero-order chi connectivity index (χ0) is 14.2. The van der Waals surface area contributed by atoms with Gasteiger partial charge in [-0.1, -0.05) is 0 Å². The number of amides is 1. The van der Waals surface area contributed by atoms with Crippen molar-refractivity contribution in [3.05, 3.63) is 39.6 Å². The minimum Gasteiger partial charge on any atom is -0.348 e. The molecular formula is C15H18N4OS. The van der Waals surface area contributed by atoms with Crippen molar-refractivity contribution >= 4 is 17.2 Å². The standard InChI is InChI=1S/C15H18N4OS/c20-15(12-6-11-13(7-16-12)18-8-17-11)19-10-2-1-3-14-9(10)4-5-21-14/h4-5,8,10,12,16H,1-3,6-7H2,(H,17,18)(H,19,20). The van der Waals surface area contributed by atoms with E-state index in [-0.39, 0.29) is 18.0 Å². The Balaban J connectivity index is 1.46. The summed E-state index contributed by atoms with van der Waals surface area (Å²) in [7, 11) is 0. The van der Waals surface area contributed by atoms with Crippen LogP contribution in [0.5, 0.6) is 0 Å². The van der Waals surface area contributed by atoms with Crippen LogP contribution in [-0.2, 0) is 24.2 Å². The van der Waals surface area contributed by atoms with Gasteiger partial charge in [0.15, 0.2) is 0 Å².